The minimum atomic E-state index is -0.307. The van der Waals surface area contributed by atoms with Crippen LogP contribution in [0.25, 0.3) is 0 Å². The minimum Gasteiger partial charge on any atom is -0.493 e. The summed E-state index contributed by atoms with van der Waals surface area (Å²) in [7, 11) is 1.52. The first-order valence-corrected chi connectivity index (χ1v) is 8.50. The van der Waals surface area contributed by atoms with Crippen LogP contribution in [-0.2, 0) is 0 Å². The Kier molecular flexibility index (Phi) is 5.24. The molecule has 2 aromatic carbocycles. The highest BCUT2D eigenvalue weighted by Crippen LogP contribution is 2.29. The highest BCUT2D eigenvalue weighted by molar-refractivity contribution is 6.34. The van der Waals surface area contributed by atoms with E-state index in [1.807, 2.05) is 0 Å². The molecule has 5 nitrogen and oxygen atoms in total. The second kappa shape index (κ2) is 7.57. The van der Waals surface area contributed by atoms with Crippen molar-refractivity contribution in [2.24, 2.45) is 5.92 Å². The lowest BCUT2D eigenvalue weighted by molar-refractivity contribution is 0.0961. The maximum Gasteiger partial charge on any atom is 0.255 e. The molecule has 0 bridgehead atoms. The average molecular weight is 359 g/mol. The van der Waals surface area contributed by atoms with Crippen LogP contribution < -0.4 is 15.4 Å². The summed E-state index contributed by atoms with van der Waals surface area (Å²) < 4.78 is 5.66. The Labute approximate surface area is 151 Å². The van der Waals surface area contributed by atoms with Crippen LogP contribution in [0.1, 0.15) is 33.6 Å². The van der Waals surface area contributed by atoms with Gasteiger partial charge in [0.1, 0.15) is 5.75 Å². The van der Waals surface area contributed by atoms with E-state index in [4.69, 9.17) is 16.3 Å². The summed E-state index contributed by atoms with van der Waals surface area (Å²) in [5.74, 6) is 0.872. The molecule has 2 amide bonds. The van der Waals surface area contributed by atoms with E-state index in [-0.39, 0.29) is 11.8 Å². The van der Waals surface area contributed by atoms with Gasteiger partial charge in [-0.2, -0.15) is 0 Å². The van der Waals surface area contributed by atoms with Crippen molar-refractivity contribution in [2.75, 3.05) is 19.0 Å². The zero-order valence-corrected chi connectivity index (χ0v) is 14.6. The molecule has 0 aliphatic heterocycles. The molecule has 2 N–H and O–H groups in total. The van der Waals surface area contributed by atoms with Crippen LogP contribution >= 0.6 is 11.6 Å². The van der Waals surface area contributed by atoms with E-state index in [2.05, 4.69) is 10.6 Å². The van der Waals surface area contributed by atoms with Crippen molar-refractivity contribution >= 4 is 29.1 Å². The van der Waals surface area contributed by atoms with Crippen molar-refractivity contribution in [1.82, 2.24) is 5.32 Å². The smallest absolute Gasteiger partial charge is 0.255 e. The number of anilines is 1. The fraction of sp³-hybridized carbons (Fsp3) is 0.263. The van der Waals surface area contributed by atoms with Crippen LogP contribution in [0.3, 0.4) is 0 Å². The molecule has 0 aromatic heterocycles. The molecule has 1 aliphatic carbocycles. The van der Waals surface area contributed by atoms with Gasteiger partial charge in [0.25, 0.3) is 11.8 Å². The van der Waals surface area contributed by atoms with E-state index in [9.17, 15) is 9.59 Å². The largest absolute Gasteiger partial charge is 0.493 e. The summed E-state index contributed by atoms with van der Waals surface area (Å²) >= 11 is 6.01. The molecule has 2 aromatic rings. The number of halogens is 1. The fourth-order valence-corrected chi connectivity index (χ4v) is 2.52. The van der Waals surface area contributed by atoms with Gasteiger partial charge in [-0.15, -0.1) is 0 Å². The van der Waals surface area contributed by atoms with Crippen LogP contribution in [0.2, 0.25) is 5.02 Å². The molecular weight excluding hydrogens is 340 g/mol. The van der Waals surface area contributed by atoms with Crippen molar-refractivity contribution in [2.45, 2.75) is 12.8 Å². The third kappa shape index (κ3) is 4.51. The molecule has 0 radical (unpaired) electrons. The maximum atomic E-state index is 12.4. The van der Waals surface area contributed by atoms with Gasteiger partial charge in [0.2, 0.25) is 0 Å². The maximum absolute atomic E-state index is 12.4. The number of carbonyl (C=O) groups is 2. The zero-order chi connectivity index (χ0) is 17.8. The van der Waals surface area contributed by atoms with Crippen LogP contribution in [0, 0.1) is 5.92 Å². The molecule has 1 fully saturated rings. The highest BCUT2D eigenvalue weighted by Gasteiger charge is 2.21. The number of carbonyl (C=O) groups excluding carboxylic acids is 2. The van der Waals surface area contributed by atoms with Crippen LogP contribution in [-0.4, -0.2) is 25.5 Å². The average Bonchev–Trinajstić information content (AvgIpc) is 3.45. The lowest BCUT2D eigenvalue weighted by atomic mass is 10.1. The molecule has 0 saturated heterocycles. The van der Waals surface area contributed by atoms with E-state index in [1.54, 1.807) is 42.5 Å². The Bertz CT molecular complexity index is 786. The third-order valence-electron chi connectivity index (χ3n) is 4.00. The molecule has 0 heterocycles. The van der Waals surface area contributed by atoms with Gasteiger partial charge in [-0.25, -0.2) is 0 Å². The number of ether oxygens (including phenoxy) is 1. The number of nitrogens with one attached hydrogen (secondary N) is 2. The van der Waals surface area contributed by atoms with Crippen molar-refractivity contribution in [3.05, 3.63) is 58.6 Å². The Morgan fingerprint density at radius 3 is 2.48 bits per heavy atom. The molecule has 25 heavy (non-hydrogen) atoms. The van der Waals surface area contributed by atoms with E-state index in [0.29, 0.717) is 27.8 Å². The summed E-state index contributed by atoms with van der Waals surface area (Å²) in [6.45, 7) is 0.735. The molecule has 0 unspecified atom stereocenters. The summed E-state index contributed by atoms with van der Waals surface area (Å²) in [5.41, 5.74) is 1.32. The van der Waals surface area contributed by atoms with Gasteiger partial charge in [0.05, 0.1) is 17.2 Å². The number of hydrogen-bond acceptors (Lipinski definition) is 3. The second-order valence-corrected chi connectivity index (χ2v) is 6.41. The predicted octanol–water partition coefficient (Wildman–Crippen LogP) is 3.74. The first-order chi connectivity index (χ1) is 12.1. The van der Waals surface area contributed by atoms with Gasteiger partial charge in [0.15, 0.2) is 0 Å². The molecule has 0 atom stereocenters. The van der Waals surface area contributed by atoms with Crippen molar-refractivity contribution in [3.8, 4) is 5.75 Å². The van der Waals surface area contributed by atoms with E-state index in [0.717, 1.165) is 12.4 Å². The zero-order valence-electron chi connectivity index (χ0n) is 13.8. The fourth-order valence-electron chi connectivity index (χ4n) is 2.32. The summed E-state index contributed by atoms with van der Waals surface area (Å²) in [5, 5.41) is 5.61. The summed E-state index contributed by atoms with van der Waals surface area (Å²) in [6, 6.07) is 11.8. The van der Waals surface area contributed by atoms with Crippen molar-refractivity contribution < 1.29 is 14.3 Å². The number of benzene rings is 2. The van der Waals surface area contributed by atoms with Gasteiger partial charge in [-0.3, -0.25) is 9.59 Å². The Morgan fingerprint density at radius 1 is 1.12 bits per heavy atom. The van der Waals surface area contributed by atoms with Gasteiger partial charge < -0.3 is 15.4 Å². The van der Waals surface area contributed by atoms with Crippen molar-refractivity contribution in [1.29, 1.82) is 0 Å². The lowest BCUT2D eigenvalue weighted by Gasteiger charge is -2.09. The van der Waals surface area contributed by atoms with E-state index in [1.165, 1.54) is 19.9 Å². The van der Waals surface area contributed by atoms with Gasteiger partial charge in [0, 0.05) is 18.3 Å². The minimum absolute atomic E-state index is 0.265. The third-order valence-corrected chi connectivity index (χ3v) is 4.32. The molecule has 130 valence electrons. The number of hydrogen-bond donors (Lipinski definition) is 2. The number of amides is 2. The summed E-state index contributed by atoms with van der Waals surface area (Å²) in [6.07, 6.45) is 2.47. The predicted molar refractivity (Wildman–Crippen MR) is 97.5 cm³/mol. The molecular formula is C19H19ClN2O3. The van der Waals surface area contributed by atoms with Gasteiger partial charge >= 0.3 is 0 Å². The van der Waals surface area contributed by atoms with Crippen LogP contribution in [0.5, 0.6) is 5.75 Å². The van der Waals surface area contributed by atoms with E-state index >= 15 is 0 Å². The molecule has 1 aliphatic rings. The molecule has 6 heteroatoms. The van der Waals surface area contributed by atoms with Gasteiger partial charge in [-0.05, 0) is 61.2 Å². The normalized spacial score (nSPS) is 13.2. The molecule has 1 saturated carbocycles. The topological polar surface area (TPSA) is 67.4 Å². The van der Waals surface area contributed by atoms with Gasteiger partial charge in [-0.1, -0.05) is 11.6 Å². The van der Waals surface area contributed by atoms with Crippen LogP contribution in [0.4, 0.5) is 5.69 Å². The summed E-state index contributed by atoms with van der Waals surface area (Å²) in [4.78, 5) is 24.1. The monoisotopic (exact) mass is 358 g/mol. The quantitative estimate of drug-likeness (QED) is 0.826. The highest BCUT2D eigenvalue weighted by atomic mass is 35.5. The lowest BCUT2D eigenvalue weighted by Crippen LogP contribution is -2.19. The standard InChI is InChI=1S/C19H19ClN2O3/c1-21-19(24)16-10-14(6-9-17(16)20)22-18(23)13-4-7-15(8-5-13)25-11-12-2-3-12/h4-10,12H,2-3,11H2,1H3,(H,21,24)(H,22,23). The van der Waals surface area contributed by atoms with E-state index < -0.39 is 0 Å². The Hall–Kier alpha value is -2.53. The second-order valence-electron chi connectivity index (χ2n) is 6.01. The molecule has 3 rings (SSSR count). The Morgan fingerprint density at radius 2 is 1.84 bits per heavy atom. The SMILES string of the molecule is CNC(=O)c1cc(NC(=O)c2ccc(OCC3CC3)cc2)ccc1Cl. The first-order valence-electron chi connectivity index (χ1n) is 8.12. The number of rotatable bonds is 6. The van der Waals surface area contributed by atoms with Crippen LogP contribution in [0.15, 0.2) is 42.5 Å². The first kappa shape index (κ1) is 17.3. The Balaban J connectivity index is 1.66. The molecule has 0 spiro atoms. The van der Waals surface area contributed by atoms with Crippen molar-refractivity contribution in [3.63, 3.8) is 0 Å².